The fraction of sp³-hybridized carbons (Fsp3) is 0.562. The predicted octanol–water partition coefficient (Wildman–Crippen LogP) is 2.97. The minimum Gasteiger partial charge on any atom is -0.339 e. The van der Waals surface area contributed by atoms with Crippen molar-refractivity contribution in [1.82, 2.24) is 4.90 Å². The maximum absolute atomic E-state index is 12.2. The lowest BCUT2D eigenvalue weighted by Crippen LogP contribution is -2.29. The second-order valence-corrected chi connectivity index (χ2v) is 5.31. The van der Waals surface area contributed by atoms with E-state index in [-0.39, 0.29) is 11.9 Å². The molecule has 0 fully saturated rings. The fourth-order valence-corrected chi connectivity index (χ4v) is 2.15. The van der Waals surface area contributed by atoms with Gasteiger partial charge in [-0.15, -0.1) is 0 Å². The molecule has 3 nitrogen and oxygen atoms in total. The van der Waals surface area contributed by atoms with Crippen LogP contribution in [0.3, 0.4) is 0 Å². The Hall–Kier alpha value is -1.35. The smallest absolute Gasteiger partial charge is 0.222 e. The molecule has 0 radical (unpaired) electrons. The molecule has 0 bridgehead atoms. The van der Waals surface area contributed by atoms with Gasteiger partial charge in [-0.3, -0.25) is 4.79 Å². The number of rotatable bonds is 7. The standard InChI is InChI=1S/C16H26N2O/c1-13(11-12-17)9-10-16(19)18(3)14(2)15-7-5-4-6-8-15/h4-8,13-14H,9-12,17H2,1-3H3. The molecule has 1 rings (SSSR count). The molecule has 0 saturated heterocycles. The fourth-order valence-electron chi connectivity index (χ4n) is 2.15. The van der Waals surface area contributed by atoms with Crippen molar-refractivity contribution >= 4 is 5.91 Å². The summed E-state index contributed by atoms with van der Waals surface area (Å²) in [4.78, 5) is 14.0. The van der Waals surface area contributed by atoms with E-state index in [1.165, 1.54) is 5.56 Å². The monoisotopic (exact) mass is 262 g/mol. The van der Waals surface area contributed by atoms with E-state index in [1.807, 2.05) is 30.1 Å². The van der Waals surface area contributed by atoms with Crippen LogP contribution in [0.15, 0.2) is 30.3 Å². The van der Waals surface area contributed by atoms with Crippen molar-refractivity contribution < 1.29 is 4.79 Å². The topological polar surface area (TPSA) is 46.3 Å². The zero-order chi connectivity index (χ0) is 14.3. The van der Waals surface area contributed by atoms with Crippen LogP contribution in [0, 0.1) is 5.92 Å². The van der Waals surface area contributed by atoms with E-state index < -0.39 is 0 Å². The first-order chi connectivity index (χ1) is 9.06. The molecule has 2 atom stereocenters. The number of carbonyl (C=O) groups is 1. The predicted molar refractivity (Wildman–Crippen MR) is 79.7 cm³/mol. The van der Waals surface area contributed by atoms with Crippen molar-refractivity contribution in [2.24, 2.45) is 11.7 Å². The molecule has 0 spiro atoms. The Morgan fingerprint density at radius 3 is 2.42 bits per heavy atom. The molecule has 1 aromatic rings. The third kappa shape index (κ3) is 5.03. The highest BCUT2D eigenvalue weighted by Gasteiger charge is 2.17. The Morgan fingerprint density at radius 2 is 1.84 bits per heavy atom. The molecule has 0 aliphatic rings. The van der Waals surface area contributed by atoms with Gasteiger partial charge in [0.05, 0.1) is 6.04 Å². The maximum atomic E-state index is 12.2. The summed E-state index contributed by atoms with van der Waals surface area (Å²) in [5.74, 6) is 0.731. The summed E-state index contributed by atoms with van der Waals surface area (Å²) in [7, 11) is 1.88. The molecule has 1 amide bonds. The molecule has 3 heteroatoms. The van der Waals surface area contributed by atoms with Gasteiger partial charge in [-0.2, -0.15) is 0 Å². The quantitative estimate of drug-likeness (QED) is 0.821. The van der Waals surface area contributed by atoms with Crippen molar-refractivity contribution in [3.63, 3.8) is 0 Å². The van der Waals surface area contributed by atoms with Crippen LogP contribution in [0.4, 0.5) is 0 Å². The van der Waals surface area contributed by atoms with Gasteiger partial charge >= 0.3 is 0 Å². The number of hydrogen-bond acceptors (Lipinski definition) is 2. The second-order valence-electron chi connectivity index (χ2n) is 5.31. The highest BCUT2D eigenvalue weighted by atomic mass is 16.2. The first-order valence-corrected chi connectivity index (χ1v) is 7.07. The Bertz CT molecular complexity index is 378. The molecular weight excluding hydrogens is 236 g/mol. The summed E-state index contributed by atoms with van der Waals surface area (Å²) in [6.07, 6.45) is 2.52. The number of nitrogens with zero attached hydrogens (tertiary/aromatic N) is 1. The molecule has 0 aliphatic carbocycles. The van der Waals surface area contributed by atoms with E-state index in [9.17, 15) is 4.79 Å². The summed E-state index contributed by atoms with van der Waals surface area (Å²) in [6, 6.07) is 10.3. The summed E-state index contributed by atoms with van der Waals surface area (Å²) >= 11 is 0. The summed E-state index contributed by atoms with van der Waals surface area (Å²) in [6.45, 7) is 4.92. The van der Waals surface area contributed by atoms with E-state index >= 15 is 0 Å². The van der Waals surface area contributed by atoms with Gasteiger partial charge in [0, 0.05) is 13.5 Å². The van der Waals surface area contributed by atoms with Crippen LogP contribution in [0.1, 0.15) is 44.7 Å². The third-order valence-corrected chi connectivity index (χ3v) is 3.77. The number of nitrogens with two attached hydrogens (primary N) is 1. The van der Waals surface area contributed by atoms with Gasteiger partial charge in [0.2, 0.25) is 5.91 Å². The Labute approximate surface area is 116 Å². The van der Waals surface area contributed by atoms with Crippen LogP contribution in [0.2, 0.25) is 0 Å². The largest absolute Gasteiger partial charge is 0.339 e. The van der Waals surface area contributed by atoms with Gasteiger partial charge < -0.3 is 10.6 Å². The average molecular weight is 262 g/mol. The average Bonchev–Trinajstić information content (AvgIpc) is 2.44. The summed E-state index contributed by atoms with van der Waals surface area (Å²) < 4.78 is 0. The van der Waals surface area contributed by atoms with Crippen LogP contribution >= 0.6 is 0 Å². The zero-order valence-corrected chi connectivity index (χ0v) is 12.3. The maximum Gasteiger partial charge on any atom is 0.222 e. The normalized spacial score (nSPS) is 13.9. The summed E-state index contributed by atoms with van der Waals surface area (Å²) in [5, 5.41) is 0. The van der Waals surface area contributed by atoms with E-state index in [4.69, 9.17) is 5.73 Å². The van der Waals surface area contributed by atoms with E-state index in [0.29, 0.717) is 18.9 Å². The van der Waals surface area contributed by atoms with E-state index in [1.54, 1.807) is 0 Å². The highest BCUT2D eigenvalue weighted by molar-refractivity contribution is 5.76. The van der Waals surface area contributed by atoms with Gasteiger partial charge in [0.15, 0.2) is 0 Å². The lowest BCUT2D eigenvalue weighted by Gasteiger charge is -2.26. The Balaban J connectivity index is 2.48. The Morgan fingerprint density at radius 1 is 1.21 bits per heavy atom. The Kier molecular flexibility index (Phi) is 6.57. The van der Waals surface area contributed by atoms with Crippen LogP contribution in [-0.2, 0) is 4.79 Å². The molecule has 0 aromatic heterocycles. The number of benzene rings is 1. The number of amides is 1. The zero-order valence-electron chi connectivity index (χ0n) is 12.3. The molecule has 0 saturated carbocycles. The van der Waals surface area contributed by atoms with Crippen molar-refractivity contribution in [3.8, 4) is 0 Å². The third-order valence-electron chi connectivity index (χ3n) is 3.77. The number of hydrogen-bond donors (Lipinski definition) is 1. The SMILES string of the molecule is CC(CCN)CCC(=O)N(C)C(C)c1ccccc1. The minimum absolute atomic E-state index is 0.124. The lowest BCUT2D eigenvalue weighted by molar-refractivity contribution is -0.132. The van der Waals surface area contributed by atoms with Gasteiger partial charge in [0.25, 0.3) is 0 Å². The van der Waals surface area contributed by atoms with Gasteiger partial charge in [-0.25, -0.2) is 0 Å². The molecule has 19 heavy (non-hydrogen) atoms. The van der Waals surface area contributed by atoms with Crippen LogP contribution in [-0.4, -0.2) is 24.4 Å². The molecule has 0 heterocycles. The molecular formula is C16H26N2O. The summed E-state index contributed by atoms with van der Waals surface area (Å²) in [5.41, 5.74) is 6.70. The van der Waals surface area contributed by atoms with Crippen LogP contribution in [0.25, 0.3) is 0 Å². The molecule has 0 aliphatic heterocycles. The first-order valence-electron chi connectivity index (χ1n) is 7.07. The minimum atomic E-state index is 0.124. The molecule has 1 aromatic carbocycles. The van der Waals surface area contributed by atoms with E-state index in [2.05, 4.69) is 26.0 Å². The second kappa shape index (κ2) is 7.95. The van der Waals surface area contributed by atoms with E-state index in [0.717, 1.165) is 12.8 Å². The van der Waals surface area contributed by atoms with Gasteiger partial charge in [0.1, 0.15) is 0 Å². The highest BCUT2D eigenvalue weighted by Crippen LogP contribution is 2.20. The van der Waals surface area contributed by atoms with Gasteiger partial charge in [-0.05, 0) is 37.8 Å². The molecule has 2 unspecified atom stereocenters. The lowest BCUT2D eigenvalue weighted by atomic mass is 10.0. The molecule has 106 valence electrons. The van der Waals surface area contributed by atoms with Crippen molar-refractivity contribution in [2.45, 2.75) is 39.2 Å². The van der Waals surface area contributed by atoms with Crippen LogP contribution < -0.4 is 5.73 Å². The van der Waals surface area contributed by atoms with Crippen molar-refractivity contribution in [1.29, 1.82) is 0 Å². The number of carbonyl (C=O) groups excluding carboxylic acids is 1. The van der Waals surface area contributed by atoms with Crippen molar-refractivity contribution in [3.05, 3.63) is 35.9 Å². The molecule has 2 N–H and O–H groups in total. The van der Waals surface area contributed by atoms with Gasteiger partial charge in [-0.1, -0.05) is 37.3 Å². The first kappa shape index (κ1) is 15.7. The van der Waals surface area contributed by atoms with Crippen molar-refractivity contribution in [2.75, 3.05) is 13.6 Å². The van der Waals surface area contributed by atoms with Crippen LogP contribution in [0.5, 0.6) is 0 Å².